The van der Waals surface area contributed by atoms with Crippen molar-refractivity contribution in [2.24, 2.45) is 5.73 Å². The molecular weight excluding hydrogens is 405 g/mol. The summed E-state index contributed by atoms with van der Waals surface area (Å²) in [6.07, 6.45) is 2.21. The van der Waals surface area contributed by atoms with Gasteiger partial charge in [0.25, 0.3) is 0 Å². The molecule has 3 rings (SSSR count). The first-order valence-electron chi connectivity index (χ1n) is 8.63. The quantitative estimate of drug-likeness (QED) is 0.527. The highest BCUT2D eigenvalue weighted by Crippen LogP contribution is 2.29. The molecule has 0 saturated carbocycles. The van der Waals surface area contributed by atoms with Crippen LogP contribution >= 0.6 is 12.4 Å². The van der Waals surface area contributed by atoms with Crippen molar-refractivity contribution < 1.29 is 18.0 Å². The monoisotopic (exact) mass is 424 g/mol. The van der Waals surface area contributed by atoms with Crippen molar-refractivity contribution in [3.05, 3.63) is 71.6 Å². The van der Waals surface area contributed by atoms with Gasteiger partial charge in [-0.05, 0) is 36.3 Å². The number of aromatic amines is 1. The van der Waals surface area contributed by atoms with Gasteiger partial charge in [-0.3, -0.25) is 4.79 Å². The fourth-order valence-electron chi connectivity index (χ4n) is 2.88. The predicted octanol–water partition coefficient (Wildman–Crippen LogP) is 3.70. The van der Waals surface area contributed by atoms with E-state index in [9.17, 15) is 18.0 Å². The third kappa shape index (κ3) is 5.82. The molecule has 0 spiro atoms. The Morgan fingerprint density at radius 3 is 2.79 bits per heavy atom. The minimum atomic E-state index is -4.41. The van der Waals surface area contributed by atoms with Gasteiger partial charge in [-0.1, -0.05) is 18.2 Å². The van der Waals surface area contributed by atoms with Crippen molar-refractivity contribution in [3.8, 4) is 0 Å². The number of benzene rings is 1. The fraction of sp³-hybridized carbons (Fsp3) is 0.200. The van der Waals surface area contributed by atoms with Gasteiger partial charge < -0.3 is 16.0 Å². The second-order valence-electron chi connectivity index (χ2n) is 6.32. The van der Waals surface area contributed by atoms with E-state index >= 15 is 0 Å². The zero-order valence-corrected chi connectivity index (χ0v) is 16.1. The van der Waals surface area contributed by atoms with Crippen LogP contribution in [0.5, 0.6) is 0 Å². The molecule has 5 nitrogen and oxygen atoms in total. The molecule has 4 N–H and O–H groups in total. The molecule has 0 aliphatic carbocycles. The SMILES string of the molecule is Cl.NC[C@H](Cc1cccc(C(F)(F)F)c1)NC(=O)/C=C/c1c[nH]c2ncccc12. The third-order valence-electron chi connectivity index (χ3n) is 4.26. The number of hydrogen-bond donors (Lipinski definition) is 3. The van der Waals surface area contributed by atoms with Crippen LogP contribution in [-0.4, -0.2) is 28.5 Å². The molecule has 1 atom stereocenters. The number of fused-ring (bicyclic) bond motifs is 1. The Labute approximate surface area is 171 Å². The summed E-state index contributed by atoms with van der Waals surface area (Å²) in [5.74, 6) is -0.374. The number of carbonyl (C=O) groups excluding carboxylic acids is 1. The van der Waals surface area contributed by atoms with Gasteiger partial charge in [0.15, 0.2) is 0 Å². The molecule has 1 aromatic carbocycles. The molecule has 0 aliphatic rings. The normalized spacial score (nSPS) is 12.7. The number of aromatic nitrogens is 2. The first-order chi connectivity index (χ1) is 13.4. The summed E-state index contributed by atoms with van der Waals surface area (Å²) in [5, 5.41) is 3.61. The topological polar surface area (TPSA) is 83.8 Å². The number of H-pyrrole nitrogens is 1. The molecule has 0 fully saturated rings. The Kier molecular flexibility index (Phi) is 7.41. The van der Waals surface area contributed by atoms with Gasteiger partial charge >= 0.3 is 6.18 Å². The van der Waals surface area contributed by atoms with Crippen LogP contribution in [0.3, 0.4) is 0 Å². The van der Waals surface area contributed by atoms with Crippen LogP contribution in [0.15, 0.2) is 54.9 Å². The fourth-order valence-corrected chi connectivity index (χ4v) is 2.88. The lowest BCUT2D eigenvalue weighted by atomic mass is 10.0. The summed E-state index contributed by atoms with van der Waals surface area (Å²) in [7, 11) is 0. The Hall–Kier alpha value is -2.84. The number of pyridine rings is 1. The van der Waals surface area contributed by atoms with E-state index in [0.717, 1.165) is 23.1 Å². The van der Waals surface area contributed by atoms with E-state index in [0.29, 0.717) is 11.2 Å². The van der Waals surface area contributed by atoms with Crippen LogP contribution in [0.1, 0.15) is 16.7 Å². The lowest BCUT2D eigenvalue weighted by Crippen LogP contribution is -2.41. The largest absolute Gasteiger partial charge is 0.416 e. The van der Waals surface area contributed by atoms with Crippen molar-refractivity contribution in [2.75, 3.05) is 6.54 Å². The Morgan fingerprint density at radius 1 is 1.28 bits per heavy atom. The summed E-state index contributed by atoms with van der Waals surface area (Å²) >= 11 is 0. The van der Waals surface area contributed by atoms with Gasteiger partial charge in [-0.2, -0.15) is 13.2 Å². The number of carbonyl (C=O) groups is 1. The maximum Gasteiger partial charge on any atom is 0.416 e. The number of nitrogens with one attached hydrogen (secondary N) is 2. The summed E-state index contributed by atoms with van der Waals surface area (Å²) < 4.78 is 38.5. The van der Waals surface area contributed by atoms with Gasteiger partial charge in [0.05, 0.1) is 5.56 Å². The van der Waals surface area contributed by atoms with Crippen LogP contribution in [-0.2, 0) is 17.4 Å². The Morgan fingerprint density at radius 2 is 2.07 bits per heavy atom. The van der Waals surface area contributed by atoms with Crippen LogP contribution in [0.2, 0.25) is 0 Å². The zero-order valence-electron chi connectivity index (χ0n) is 15.2. The molecule has 3 aromatic rings. The molecule has 2 heterocycles. The highest BCUT2D eigenvalue weighted by atomic mass is 35.5. The van der Waals surface area contributed by atoms with Gasteiger partial charge in [0.1, 0.15) is 5.65 Å². The number of halogens is 4. The number of nitrogens with zero attached hydrogens (tertiary/aromatic N) is 1. The van der Waals surface area contributed by atoms with Crippen molar-refractivity contribution in [3.63, 3.8) is 0 Å². The number of nitrogens with two attached hydrogens (primary N) is 1. The van der Waals surface area contributed by atoms with E-state index < -0.39 is 17.8 Å². The Balaban J connectivity index is 0.00000300. The molecule has 154 valence electrons. The molecule has 0 unspecified atom stereocenters. The van der Waals surface area contributed by atoms with E-state index in [4.69, 9.17) is 5.73 Å². The molecule has 29 heavy (non-hydrogen) atoms. The highest BCUT2D eigenvalue weighted by Gasteiger charge is 2.30. The van der Waals surface area contributed by atoms with Gasteiger partial charge in [0, 0.05) is 42.0 Å². The van der Waals surface area contributed by atoms with Crippen molar-refractivity contribution in [1.29, 1.82) is 0 Å². The minimum absolute atomic E-state index is 0. The van der Waals surface area contributed by atoms with E-state index in [1.165, 1.54) is 12.1 Å². The second-order valence-corrected chi connectivity index (χ2v) is 6.32. The van der Waals surface area contributed by atoms with Crippen molar-refractivity contribution in [1.82, 2.24) is 15.3 Å². The van der Waals surface area contributed by atoms with E-state index in [1.54, 1.807) is 30.6 Å². The van der Waals surface area contributed by atoms with E-state index in [2.05, 4.69) is 15.3 Å². The van der Waals surface area contributed by atoms with Crippen LogP contribution < -0.4 is 11.1 Å². The summed E-state index contributed by atoms with van der Waals surface area (Å²) in [6, 6.07) is 8.21. The molecule has 0 saturated heterocycles. The van der Waals surface area contributed by atoms with Crippen LogP contribution in [0.4, 0.5) is 13.2 Å². The first kappa shape index (κ1) is 22.4. The van der Waals surface area contributed by atoms with E-state index in [-0.39, 0.29) is 31.3 Å². The number of hydrogen-bond acceptors (Lipinski definition) is 3. The maximum atomic E-state index is 12.8. The van der Waals surface area contributed by atoms with Crippen molar-refractivity contribution in [2.45, 2.75) is 18.6 Å². The lowest BCUT2D eigenvalue weighted by Gasteiger charge is -2.17. The summed E-state index contributed by atoms with van der Waals surface area (Å²) in [5.41, 5.74) is 6.94. The molecule has 0 aliphatic heterocycles. The number of alkyl halides is 3. The predicted molar refractivity (Wildman–Crippen MR) is 109 cm³/mol. The summed E-state index contributed by atoms with van der Waals surface area (Å²) in [4.78, 5) is 19.4. The van der Waals surface area contributed by atoms with E-state index in [1.807, 2.05) is 6.07 Å². The van der Waals surface area contributed by atoms with Gasteiger partial charge in [-0.15, -0.1) is 12.4 Å². The average Bonchev–Trinajstić information content (AvgIpc) is 3.08. The molecule has 0 bridgehead atoms. The van der Waals surface area contributed by atoms with Crippen LogP contribution in [0.25, 0.3) is 17.1 Å². The summed E-state index contributed by atoms with van der Waals surface area (Å²) in [6.45, 7) is 0.104. The van der Waals surface area contributed by atoms with Crippen LogP contribution in [0, 0.1) is 0 Å². The van der Waals surface area contributed by atoms with Gasteiger partial charge in [0.2, 0.25) is 5.91 Å². The highest BCUT2D eigenvalue weighted by molar-refractivity contribution is 5.95. The average molecular weight is 425 g/mol. The number of rotatable bonds is 6. The molecule has 9 heteroatoms. The third-order valence-corrected chi connectivity index (χ3v) is 4.26. The standard InChI is InChI=1S/C20H19F3N4O.ClH/c21-20(22,23)15-4-1-3-13(9-15)10-16(11-24)27-18(28)7-6-14-12-26-19-17(14)5-2-8-25-19;/h1-9,12,16H,10-11,24H2,(H,25,26)(H,27,28);1H/b7-6+;/t16-;/m0./s1. The number of amides is 1. The maximum absolute atomic E-state index is 12.8. The smallest absolute Gasteiger partial charge is 0.348 e. The minimum Gasteiger partial charge on any atom is -0.348 e. The molecule has 1 amide bonds. The molecule has 0 radical (unpaired) electrons. The van der Waals surface area contributed by atoms with Crippen molar-refractivity contribution >= 4 is 35.4 Å². The van der Waals surface area contributed by atoms with Gasteiger partial charge in [-0.25, -0.2) is 4.98 Å². The molecular formula is C20H20ClF3N4O. The Bertz CT molecular complexity index is 1000. The molecule has 2 aromatic heterocycles. The second kappa shape index (κ2) is 9.58. The first-order valence-corrected chi connectivity index (χ1v) is 8.63. The zero-order chi connectivity index (χ0) is 20.1. The lowest BCUT2D eigenvalue weighted by molar-refractivity contribution is -0.137.